The number of nitrogens with two attached hydrogens (primary N) is 1. The van der Waals surface area contributed by atoms with Gasteiger partial charge >= 0.3 is 0 Å². The van der Waals surface area contributed by atoms with Crippen molar-refractivity contribution in [2.75, 3.05) is 13.7 Å². The molecule has 6 heteroatoms. The van der Waals surface area contributed by atoms with E-state index in [0.29, 0.717) is 34.8 Å². The number of methoxy groups -OCH3 is 1. The zero-order chi connectivity index (χ0) is 18.3. The lowest BCUT2D eigenvalue weighted by Gasteiger charge is -2.15. The Kier molecular flexibility index (Phi) is 4.53. The molecule has 0 radical (unpaired) electrons. The topological polar surface area (TPSA) is 48.1 Å². The molecule has 0 atom stereocenters. The van der Waals surface area contributed by atoms with E-state index in [9.17, 15) is 4.39 Å². The van der Waals surface area contributed by atoms with Crippen LogP contribution in [0.3, 0.4) is 0 Å². The van der Waals surface area contributed by atoms with Crippen molar-refractivity contribution in [3.05, 3.63) is 58.3 Å². The van der Waals surface area contributed by atoms with Gasteiger partial charge in [0.15, 0.2) is 0 Å². The van der Waals surface area contributed by atoms with E-state index in [1.54, 1.807) is 30.6 Å². The number of thiophene rings is 1. The molecule has 2 aromatic heterocycles. The maximum absolute atomic E-state index is 14.6. The number of halogens is 2. The molecule has 0 aliphatic rings. The molecule has 26 heavy (non-hydrogen) atoms. The van der Waals surface area contributed by atoms with Crippen LogP contribution in [0.1, 0.15) is 5.56 Å². The predicted octanol–water partition coefficient (Wildman–Crippen LogP) is 5.42. The molecule has 0 saturated carbocycles. The lowest BCUT2D eigenvalue weighted by atomic mass is 9.96. The van der Waals surface area contributed by atoms with E-state index in [0.717, 1.165) is 26.6 Å². The quantitative estimate of drug-likeness (QED) is 0.509. The molecule has 0 fully saturated rings. The van der Waals surface area contributed by atoms with E-state index in [1.165, 1.54) is 6.07 Å². The summed E-state index contributed by atoms with van der Waals surface area (Å²) in [6.45, 7) is 0.406. The molecule has 0 saturated heterocycles. The van der Waals surface area contributed by atoms with E-state index in [4.69, 9.17) is 22.1 Å². The Morgan fingerprint density at radius 3 is 2.85 bits per heavy atom. The molecule has 132 valence electrons. The van der Waals surface area contributed by atoms with Gasteiger partial charge in [0.25, 0.3) is 0 Å². The van der Waals surface area contributed by atoms with Crippen molar-refractivity contribution in [1.82, 2.24) is 4.98 Å². The molecule has 2 aromatic carbocycles. The average molecular weight is 387 g/mol. The van der Waals surface area contributed by atoms with Crippen molar-refractivity contribution in [3.63, 3.8) is 0 Å². The zero-order valence-corrected chi connectivity index (χ0v) is 15.6. The van der Waals surface area contributed by atoms with E-state index >= 15 is 0 Å². The van der Waals surface area contributed by atoms with E-state index < -0.39 is 0 Å². The highest BCUT2D eigenvalue weighted by molar-refractivity contribution is 7.17. The Hall–Kier alpha value is -2.21. The van der Waals surface area contributed by atoms with Crippen molar-refractivity contribution in [3.8, 4) is 16.9 Å². The Balaban J connectivity index is 2.09. The number of hydrogen-bond donors (Lipinski definition) is 1. The molecule has 3 nitrogen and oxygen atoms in total. The maximum atomic E-state index is 14.6. The van der Waals surface area contributed by atoms with Gasteiger partial charge in [-0.1, -0.05) is 23.7 Å². The summed E-state index contributed by atoms with van der Waals surface area (Å²) in [6, 6.07) is 8.96. The molecule has 2 heterocycles. The van der Waals surface area contributed by atoms with Crippen molar-refractivity contribution >= 4 is 43.9 Å². The first kappa shape index (κ1) is 17.2. The van der Waals surface area contributed by atoms with Gasteiger partial charge in [-0.25, -0.2) is 4.39 Å². The summed E-state index contributed by atoms with van der Waals surface area (Å²) in [5.74, 6) is 0.317. The van der Waals surface area contributed by atoms with Crippen molar-refractivity contribution in [1.29, 1.82) is 0 Å². The van der Waals surface area contributed by atoms with Crippen LogP contribution in [0.2, 0.25) is 5.02 Å². The highest BCUT2D eigenvalue weighted by Crippen LogP contribution is 2.44. The van der Waals surface area contributed by atoms with Crippen molar-refractivity contribution in [2.45, 2.75) is 6.42 Å². The van der Waals surface area contributed by atoms with Gasteiger partial charge in [0.05, 0.1) is 22.3 Å². The summed E-state index contributed by atoms with van der Waals surface area (Å²) in [6.07, 6.45) is 2.32. The minimum atomic E-state index is -0.274. The largest absolute Gasteiger partial charge is 0.496 e. The van der Waals surface area contributed by atoms with Crippen LogP contribution in [0, 0.1) is 5.82 Å². The van der Waals surface area contributed by atoms with Crippen molar-refractivity contribution in [2.24, 2.45) is 5.73 Å². The summed E-state index contributed by atoms with van der Waals surface area (Å²) in [5.41, 5.74) is 8.36. The van der Waals surface area contributed by atoms with Gasteiger partial charge in [-0.05, 0) is 41.6 Å². The van der Waals surface area contributed by atoms with E-state index in [1.807, 2.05) is 23.7 Å². The Morgan fingerprint density at radius 2 is 2.12 bits per heavy atom. The standard InChI is InChI=1S/C20H16ClFN2OS/c1-25-16-9-14(21)20-19(13-5-7-26-17(13)10-24-20)18(16)12-3-2-11(4-6-23)15(22)8-12/h2-3,5,7-10H,4,6,23H2,1H3. The fraction of sp³-hybridized carbons (Fsp3) is 0.150. The summed E-state index contributed by atoms with van der Waals surface area (Å²) in [4.78, 5) is 4.52. The Bertz CT molecular complexity index is 1130. The normalized spacial score (nSPS) is 11.4. The number of ether oxygens (including phenoxy) is 1. The highest BCUT2D eigenvalue weighted by atomic mass is 35.5. The Morgan fingerprint density at radius 1 is 1.27 bits per heavy atom. The van der Waals surface area contributed by atoms with Gasteiger partial charge < -0.3 is 10.5 Å². The SMILES string of the molecule is COc1cc(Cl)c2ncc3sccc3c2c1-c1ccc(CCN)c(F)c1. The molecule has 0 aliphatic heterocycles. The molecular formula is C20H16ClFN2OS. The minimum absolute atomic E-state index is 0.274. The number of fused-ring (bicyclic) bond motifs is 3. The fourth-order valence-electron chi connectivity index (χ4n) is 3.26. The fourth-order valence-corrected chi connectivity index (χ4v) is 4.27. The monoisotopic (exact) mass is 386 g/mol. The summed E-state index contributed by atoms with van der Waals surface area (Å²) in [5, 5.41) is 4.42. The van der Waals surface area contributed by atoms with Gasteiger partial charge in [0.2, 0.25) is 0 Å². The summed E-state index contributed by atoms with van der Waals surface area (Å²) in [7, 11) is 1.58. The third kappa shape index (κ3) is 2.72. The smallest absolute Gasteiger partial charge is 0.128 e. The first-order chi connectivity index (χ1) is 12.6. The second-order valence-electron chi connectivity index (χ2n) is 5.96. The van der Waals surface area contributed by atoms with E-state index in [-0.39, 0.29) is 5.82 Å². The van der Waals surface area contributed by atoms with Crippen LogP contribution in [-0.4, -0.2) is 18.6 Å². The van der Waals surface area contributed by atoms with Crippen LogP contribution in [0.25, 0.3) is 32.1 Å². The number of rotatable bonds is 4. The van der Waals surface area contributed by atoms with Gasteiger partial charge in [-0.15, -0.1) is 11.3 Å². The van der Waals surface area contributed by atoms with Gasteiger partial charge in [-0.2, -0.15) is 0 Å². The van der Waals surface area contributed by atoms with Crippen LogP contribution in [0.15, 0.2) is 41.9 Å². The van der Waals surface area contributed by atoms with Gasteiger partial charge in [0.1, 0.15) is 11.6 Å². The Labute approximate surface area is 159 Å². The number of nitrogens with zero attached hydrogens (tertiary/aromatic N) is 1. The van der Waals surface area contributed by atoms with Crippen LogP contribution in [0.4, 0.5) is 4.39 Å². The molecule has 2 N–H and O–H groups in total. The number of pyridine rings is 1. The predicted molar refractivity (Wildman–Crippen MR) is 107 cm³/mol. The third-order valence-corrected chi connectivity index (χ3v) is 5.61. The lowest BCUT2D eigenvalue weighted by Crippen LogP contribution is -2.04. The van der Waals surface area contributed by atoms with Crippen LogP contribution >= 0.6 is 22.9 Å². The molecule has 0 aliphatic carbocycles. The van der Waals surface area contributed by atoms with Crippen LogP contribution < -0.4 is 10.5 Å². The number of benzene rings is 2. The lowest BCUT2D eigenvalue weighted by molar-refractivity contribution is 0.417. The summed E-state index contributed by atoms with van der Waals surface area (Å²) < 4.78 is 21.2. The maximum Gasteiger partial charge on any atom is 0.128 e. The molecule has 4 rings (SSSR count). The van der Waals surface area contributed by atoms with E-state index in [2.05, 4.69) is 4.98 Å². The molecule has 0 amide bonds. The molecule has 4 aromatic rings. The molecule has 0 bridgehead atoms. The van der Waals surface area contributed by atoms with Crippen LogP contribution in [-0.2, 0) is 6.42 Å². The second-order valence-corrected chi connectivity index (χ2v) is 7.32. The number of hydrogen-bond acceptors (Lipinski definition) is 4. The second kappa shape index (κ2) is 6.83. The molecule has 0 unspecified atom stereocenters. The van der Waals surface area contributed by atoms with Crippen molar-refractivity contribution < 1.29 is 9.13 Å². The first-order valence-corrected chi connectivity index (χ1v) is 9.41. The third-order valence-electron chi connectivity index (χ3n) is 4.47. The number of aromatic nitrogens is 1. The molecular weight excluding hydrogens is 371 g/mol. The summed E-state index contributed by atoms with van der Waals surface area (Å²) >= 11 is 8.04. The molecule has 0 spiro atoms. The van der Waals surface area contributed by atoms with Gasteiger partial charge in [0, 0.05) is 28.6 Å². The van der Waals surface area contributed by atoms with Gasteiger partial charge in [-0.3, -0.25) is 4.98 Å². The zero-order valence-electron chi connectivity index (χ0n) is 14.1. The highest BCUT2D eigenvalue weighted by Gasteiger charge is 2.19. The van der Waals surface area contributed by atoms with Crippen LogP contribution in [0.5, 0.6) is 5.75 Å². The first-order valence-electron chi connectivity index (χ1n) is 8.15. The minimum Gasteiger partial charge on any atom is -0.496 e. The average Bonchev–Trinajstić information content (AvgIpc) is 3.12.